The predicted molar refractivity (Wildman–Crippen MR) is 119 cm³/mol. The second kappa shape index (κ2) is 8.50. The van der Waals surface area contributed by atoms with E-state index in [-0.39, 0.29) is 4.90 Å². The molecule has 0 unspecified atom stereocenters. The van der Waals surface area contributed by atoms with Crippen LogP contribution < -0.4 is 0 Å². The largest absolute Gasteiger partial charge is 0.328 e. The van der Waals surface area contributed by atoms with Gasteiger partial charge in [0.1, 0.15) is 11.6 Å². The third kappa shape index (κ3) is 4.15. The number of aromatic nitrogens is 5. The van der Waals surface area contributed by atoms with Crippen molar-refractivity contribution in [3.63, 3.8) is 0 Å². The zero-order valence-electron chi connectivity index (χ0n) is 16.9. The van der Waals surface area contributed by atoms with Gasteiger partial charge in [0.05, 0.1) is 21.7 Å². The summed E-state index contributed by atoms with van der Waals surface area (Å²) in [4.78, 5) is 10.7. The molecule has 0 aliphatic carbocycles. The van der Waals surface area contributed by atoms with Crippen molar-refractivity contribution in [1.29, 1.82) is 0 Å². The van der Waals surface area contributed by atoms with Crippen LogP contribution in [0.2, 0.25) is 0 Å². The van der Waals surface area contributed by atoms with Crippen LogP contribution >= 0.6 is 23.1 Å². The SMILES string of the molecule is CCn1c(CSc2n[nH]c(Cc3cccs3)n2)nc2cc(S(=O)(=O)N(C)C)ccc21. The highest BCUT2D eigenvalue weighted by Crippen LogP contribution is 2.26. The van der Waals surface area contributed by atoms with E-state index < -0.39 is 10.0 Å². The van der Waals surface area contributed by atoms with Crippen LogP contribution in [0.5, 0.6) is 0 Å². The van der Waals surface area contributed by atoms with Gasteiger partial charge in [-0.25, -0.2) is 22.7 Å². The highest BCUT2D eigenvalue weighted by atomic mass is 32.2. The molecule has 0 aliphatic rings. The number of nitrogens with zero attached hydrogens (tertiary/aromatic N) is 5. The molecule has 0 fully saturated rings. The molecule has 11 heteroatoms. The summed E-state index contributed by atoms with van der Waals surface area (Å²) in [5.74, 6) is 2.29. The number of nitrogens with one attached hydrogen (secondary N) is 1. The van der Waals surface area contributed by atoms with Gasteiger partial charge in [0.2, 0.25) is 15.2 Å². The summed E-state index contributed by atoms with van der Waals surface area (Å²) in [6.45, 7) is 2.79. The number of aromatic amines is 1. The van der Waals surface area contributed by atoms with E-state index in [0.29, 0.717) is 16.4 Å². The van der Waals surface area contributed by atoms with E-state index in [4.69, 9.17) is 4.98 Å². The van der Waals surface area contributed by atoms with Crippen LogP contribution in [0.25, 0.3) is 11.0 Å². The Morgan fingerprint density at radius 1 is 1.23 bits per heavy atom. The average molecular weight is 463 g/mol. The lowest BCUT2D eigenvalue weighted by Gasteiger charge is -2.11. The summed E-state index contributed by atoms with van der Waals surface area (Å²) >= 11 is 3.20. The van der Waals surface area contributed by atoms with Gasteiger partial charge in [-0.15, -0.1) is 16.4 Å². The average Bonchev–Trinajstić information content (AvgIpc) is 3.45. The van der Waals surface area contributed by atoms with Crippen molar-refractivity contribution in [3.8, 4) is 0 Å². The van der Waals surface area contributed by atoms with Gasteiger partial charge in [-0.1, -0.05) is 17.8 Å². The van der Waals surface area contributed by atoms with E-state index in [2.05, 4.69) is 25.8 Å². The minimum absolute atomic E-state index is 0.243. The second-order valence-corrected chi connectivity index (χ2v) is 10.9. The molecule has 0 amide bonds. The number of fused-ring (bicyclic) bond motifs is 1. The standard InChI is InChI=1S/C19H22N6O2S3/c1-4-25-16-8-7-14(30(26,27)24(2)3)11-15(16)20-18(25)12-29-19-21-17(22-23-19)10-13-6-5-9-28-13/h5-9,11H,4,10,12H2,1-3H3,(H,21,22,23). The molecular formula is C19H22N6O2S3. The van der Waals surface area contributed by atoms with Crippen LogP contribution in [0.15, 0.2) is 45.8 Å². The number of sulfonamides is 1. The summed E-state index contributed by atoms with van der Waals surface area (Å²) in [5, 5.41) is 10.0. The van der Waals surface area contributed by atoms with Crippen LogP contribution in [0, 0.1) is 0 Å². The monoisotopic (exact) mass is 462 g/mol. The van der Waals surface area contributed by atoms with E-state index >= 15 is 0 Å². The van der Waals surface area contributed by atoms with Gasteiger partial charge in [0, 0.05) is 31.9 Å². The van der Waals surface area contributed by atoms with Crippen molar-refractivity contribution in [1.82, 2.24) is 29.0 Å². The first-order valence-corrected chi connectivity index (χ1v) is 12.7. The summed E-state index contributed by atoms with van der Waals surface area (Å²) in [7, 11) is -0.450. The highest BCUT2D eigenvalue weighted by molar-refractivity contribution is 7.98. The third-order valence-electron chi connectivity index (χ3n) is 4.66. The molecular weight excluding hydrogens is 440 g/mol. The van der Waals surface area contributed by atoms with E-state index in [9.17, 15) is 8.42 Å². The quantitative estimate of drug-likeness (QED) is 0.403. The van der Waals surface area contributed by atoms with Crippen molar-refractivity contribution >= 4 is 44.2 Å². The minimum Gasteiger partial charge on any atom is -0.328 e. The molecule has 0 saturated heterocycles. The smallest absolute Gasteiger partial charge is 0.242 e. The Labute approximate surface area is 183 Å². The van der Waals surface area contributed by atoms with E-state index in [1.165, 1.54) is 35.0 Å². The van der Waals surface area contributed by atoms with Gasteiger partial charge in [0.25, 0.3) is 0 Å². The summed E-state index contributed by atoms with van der Waals surface area (Å²) in [5.41, 5.74) is 1.59. The number of hydrogen-bond donors (Lipinski definition) is 1. The van der Waals surface area contributed by atoms with E-state index in [1.54, 1.807) is 23.5 Å². The Morgan fingerprint density at radius 3 is 2.77 bits per heavy atom. The maximum Gasteiger partial charge on any atom is 0.242 e. The molecule has 158 valence electrons. The van der Waals surface area contributed by atoms with Gasteiger partial charge in [-0.3, -0.25) is 5.10 Å². The lowest BCUT2D eigenvalue weighted by atomic mass is 10.3. The molecule has 4 aromatic rings. The Balaban J connectivity index is 1.54. The van der Waals surface area contributed by atoms with Gasteiger partial charge in [0.15, 0.2) is 0 Å². The van der Waals surface area contributed by atoms with Crippen molar-refractivity contribution < 1.29 is 8.42 Å². The van der Waals surface area contributed by atoms with Gasteiger partial charge >= 0.3 is 0 Å². The highest BCUT2D eigenvalue weighted by Gasteiger charge is 2.19. The maximum absolute atomic E-state index is 12.4. The van der Waals surface area contributed by atoms with Gasteiger partial charge in [-0.2, -0.15) is 0 Å². The van der Waals surface area contributed by atoms with Crippen LogP contribution in [0.1, 0.15) is 23.4 Å². The molecule has 1 N–H and O–H groups in total. The minimum atomic E-state index is -3.50. The molecule has 0 radical (unpaired) electrons. The normalized spacial score (nSPS) is 12.3. The van der Waals surface area contributed by atoms with Gasteiger partial charge in [-0.05, 0) is 36.6 Å². The van der Waals surface area contributed by atoms with Crippen molar-refractivity contribution in [2.45, 2.75) is 35.7 Å². The molecule has 0 aliphatic heterocycles. The fraction of sp³-hybridized carbons (Fsp3) is 0.316. The summed E-state index contributed by atoms with van der Waals surface area (Å²) < 4.78 is 28.2. The number of aryl methyl sites for hydroxylation is 1. The number of hydrogen-bond acceptors (Lipinski definition) is 7. The second-order valence-electron chi connectivity index (χ2n) is 6.82. The zero-order valence-corrected chi connectivity index (χ0v) is 19.3. The molecule has 4 rings (SSSR count). The molecule has 30 heavy (non-hydrogen) atoms. The Hall–Kier alpha value is -2.21. The number of imidazole rings is 1. The van der Waals surface area contributed by atoms with Crippen molar-refractivity contribution in [2.24, 2.45) is 0 Å². The van der Waals surface area contributed by atoms with Crippen molar-refractivity contribution in [3.05, 3.63) is 52.2 Å². The molecule has 0 saturated carbocycles. The fourth-order valence-corrected chi connectivity index (χ4v) is 5.52. The molecule has 0 atom stereocenters. The zero-order chi connectivity index (χ0) is 21.3. The van der Waals surface area contributed by atoms with Crippen LogP contribution in [-0.4, -0.2) is 51.6 Å². The summed E-state index contributed by atoms with van der Waals surface area (Å²) in [6.07, 6.45) is 0.738. The van der Waals surface area contributed by atoms with Crippen LogP contribution in [0.3, 0.4) is 0 Å². The lowest BCUT2D eigenvalue weighted by molar-refractivity contribution is 0.521. The first kappa shape index (κ1) is 21.0. The maximum atomic E-state index is 12.4. The molecule has 0 bridgehead atoms. The van der Waals surface area contributed by atoms with E-state index in [1.807, 2.05) is 24.4 Å². The fourth-order valence-electron chi connectivity index (χ4n) is 3.12. The van der Waals surface area contributed by atoms with E-state index in [0.717, 1.165) is 30.1 Å². The number of rotatable bonds is 8. The number of thioether (sulfide) groups is 1. The lowest BCUT2D eigenvalue weighted by Crippen LogP contribution is -2.22. The molecule has 8 nitrogen and oxygen atoms in total. The predicted octanol–water partition coefficient (Wildman–Crippen LogP) is 3.37. The molecule has 3 aromatic heterocycles. The van der Waals surface area contributed by atoms with Crippen LogP contribution in [0.4, 0.5) is 0 Å². The van der Waals surface area contributed by atoms with Crippen LogP contribution in [-0.2, 0) is 28.7 Å². The Morgan fingerprint density at radius 2 is 2.07 bits per heavy atom. The molecule has 1 aromatic carbocycles. The number of thiophene rings is 1. The molecule has 3 heterocycles. The summed E-state index contributed by atoms with van der Waals surface area (Å²) in [6, 6.07) is 9.19. The van der Waals surface area contributed by atoms with Gasteiger partial charge < -0.3 is 4.57 Å². The topological polar surface area (TPSA) is 96.8 Å². The number of benzene rings is 1. The Kier molecular flexibility index (Phi) is 5.96. The first-order valence-electron chi connectivity index (χ1n) is 9.36. The first-order chi connectivity index (χ1) is 14.4. The molecule has 0 spiro atoms. The van der Waals surface area contributed by atoms with Crippen molar-refractivity contribution in [2.75, 3.05) is 14.1 Å². The third-order valence-corrected chi connectivity index (χ3v) is 8.19. The number of H-pyrrole nitrogens is 1. The Bertz CT molecular complexity index is 1260.